The van der Waals surface area contributed by atoms with Crippen molar-refractivity contribution >= 4 is 11.6 Å². The minimum absolute atomic E-state index is 0.0396. The third-order valence-corrected chi connectivity index (χ3v) is 9.20. The minimum Gasteiger partial charge on any atom is -0.493 e. The normalized spacial score (nSPS) is 25.5. The molecule has 3 aliphatic rings. The Balaban J connectivity index is 2.05. The number of carbonyl (C=O) groups is 2. The summed E-state index contributed by atoms with van der Waals surface area (Å²) in [6.07, 6.45) is 1.62. The molecule has 0 heterocycles. The highest BCUT2D eigenvalue weighted by atomic mass is 16.5. The number of rotatable bonds is 4. The molecule has 2 aromatic carbocycles. The highest BCUT2D eigenvalue weighted by Crippen LogP contribution is 2.70. The fourth-order valence-corrected chi connectivity index (χ4v) is 7.39. The molecule has 232 valence electrons. The predicted octanol–water partition coefficient (Wildman–Crippen LogP) is 6.27. The van der Waals surface area contributed by atoms with Crippen molar-refractivity contribution in [2.45, 2.75) is 78.1 Å². The van der Waals surface area contributed by atoms with Crippen molar-refractivity contribution in [2.24, 2.45) is 22.7 Å². The van der Waals surface area contributed by atoms with Crippen LogP contribution in [0.15, 0.2) is 24.3 Å². The molecule has 4 atom stereocenters. The molecule has 1 fully saturated rings. The van der Waals surface area contributed by atoms with E-state index in [2.05, 4.69) is 65.2 Å². The van der Waals surface area contributed by atoms with Gasteiger partial charge in [-0.2, -0.15) is 0 Å². The molecule has 0 aliphatic heterocycles. The lowest BCUT2D eigenvalue weighted by molar-refractivity contribution is -0.149. The molecule has 0 aromatic heterocycles. The maximum atomic E-state index is 14.4. The van der Waals surface area contributed by atoms with E-state index in [1.165, 1.54) is 0 Å². The predicted molar refractivity (Wildman–Crippen MR) is 171 cm³/mol. The van der Waals surface area contributed by atoms with Gasteiger partial charge in [0.25, 0.3) is 0 Å². The maximum absolute atomic E-state index is 14.4. The highest BCUT2D eigenvalue weighted by Gasteiger charge is 2.77. The number of fused-ring (bicyclic) bond motifs is 8. The molecule has 0 radical (unpaired) electrons. The summed E-state index contributed by atoms with van der Waals surface area (Å²) in [5, 5.41) is 0. The Hall–Kier alpha value is -3.90. The van der Waals surface area contributed by atoms with E-state index in [9.17, 15) is 9.59 Å². The molecule has 44 heavy (non-hydrogen) atoms. The quantitative estimate of drug-likeness (QED) is 0.388. The lowest BCUT2D eigenvalue weighted by Crippen LogP contribution is -2.73. The highest BCUT2D eigenvalue weighted by molar-refractivity contribution is 6.00. The van der Waals surface area contributed by atoms with Gasteiger partial charge in [0.15, 0.2) is 23.0 Å². The van der Waals surface area contributed by atoms with E-state index in [1.807, 2.05) is 24.3 Å². The second-order valence-electron chi connectivity index (χ2n) is 14.2. The Kier molecular flexibility index (Phi) is 7.82. The molecule has 5 rings (SSSR count). The summed E-state index contributed by atoms with van der Waals surface area (Å²) in [6, 6.07) is 7.89. The Morgan fingerprint density at radius 1 is 0.568 bits per heavy atom. The first-order valence-corrected chi connectivity index (χ1v) is 15.3. The molecular formula is C38H44O6. The van der Waals surface area contributed by atoms with Crippen molar-refractivity contribution in [3.63, 3.8) is 0 Å². The monoisotopic (exact) mass is 596 g/mol. The van der Waals surface area contributed by atoms with E-state index in [0.29, 0.717) is 48.7 Å². The largest absolute Gasteiger partial charge is 0.493 e. The van der Waals surface area contributed by atoms with E-state index in [4.69, 9.17) is 18.9 Å². The van der Waals surface area contributed by atoms with Crippen LogP contribution in [0.1, 0.15) is 76.6 Å². The smallest absolute Gasteiger partial charge is 0.161 e. The topological polar surface area (TPSA) is 71.1 Å². The molecular weight excluding hydrogens is 552 g/mol. The van der Waals surface area contributed by atoms with Crippen molar-refractivity contribution in [1.82, 2.24) is 0 Å². The fourth-order valence-electron chi connectivity index (χ4n) is 7.39. The fraction of sp³-hybridized carbons (Fsp3) is 0.526. The van der Waals surface area contributed by atoms with Crippen LogP contribution in [-0.4, -0.2) is 40.0 Å². The van der Waals surface area contributed by atoms with Gasteiger partial charge >= 0.3 is 0 Å². The number of ketones is 2. The van der Waals surface area contributed by atoms with Gasteiger partial charge in [-0.25, -0.2) is 0 Å². The van der Waals surface area contributed by atoms with E-state index < -0.39 is 22.7 Å². The first-order valence-electron chi connectivity index (χ1n) is 15.3. The third-order valence-electron chi connectivity index (χ3n) is 9.20. The second kappa shape index (κ2) is 10.9. The van der Waals surface area contributed by atoms with Gasteiger partial charge in [0.2, 0.25) is 0 Å². The van der Waals surface area contributed by atoms with Gasteiger partial charge in [-0.15, -0.1) is 0 Å². The molecule has 0 amide bonds. The van der Waals surface area contributed by atoms with Crippen molar-refractivity contribution in [3.05, 3.63) is 46.5 Å². The zero-order chi connectivity index (χ0) is 32.2. The molecule has 2 aromatic rings. The first kappa shape index (κ1) is 31.5. The summed E-state index contributed by atoms with van der Waals surface area (Å²) in [7, 11) is 6.44. The van der Waals surface area contributed by atoms with E-state index in [1.54, 1.807) is 28.4 Å². The number of ether oxygens (including phenoxy) is 4. The Bertz CT molecular complexity index is 1520. The number of benzene rings is 2. The van der Waals surface area contributed by atoms with Crippen LogP contribution in [0.2, 0.25) is 0 Å². The van der Waals surface area contributed by atoms with Crippen LogP contribution in [-0.2, 0) is 33.3 Å². The molecule has 6 nitrogen and oxygen atoms in total. The molecule has 0 spiro atoms. The van der Waals surface area contributed by atoms with E-state index >= 15 is 0 Å². The number of Topliss-reactive ketones (excluding diaryl/α,β-unsaturated/α-hetero) is 2. The van der Waals surface area contributed by atoms with Crippen molar-refractivity contribution < 1.29 is 28.5 Å². The van der Waals surface area contributed by atoms with Gasteiger partial charge in [0, 0.05) is 23.7 Å². The van der Waals surface area contributed by atoms with Crippen LogP contribution in [0.25, 0.3) is 0 Å². The molecule has 6 heteroatoms. The summed E-state index contributed by atoms with van der Waals surface area (Å²) in [5.74, 6) is 15.5. The molecule has 3 aliphatic carbocycles. The van der Waals surface area contributed by atoms with Crippen LogP contribution in [0.4, 0.5) is 0 Å². The first-order chi connectivity index (χ1) is 20.7. The molecule has 0 bridgehead atoms. The van der Waals surface area contributed by atoms with Gasteiger partial charge in [-0.3, -0.25) is 9.59 Å². The summed E-state index contributed by atoms with van der Waals surface area (Å²) >= 11 is 0. The summed E-state index contributed by atoms with van der Waals surface area (Å²) in [6.45, 7) is 12.4. The van der Waals surface area contributed by atoms with Gasteiger partial charge in [-0.05, 0) is 101 Å². The van der Waals surface area contributed by atoms with Crippen LogP contribution >= 0.6 is 0 Å². The lowest BCUT2D eigenvalue weighted by Gasteiger charge is -2.64. The van der Waals surface area contributed by atoms with Gasteiger partial charge in [0.1, 0.15) is 11.6 Å². The number of carbonyl (C=O) groups excluding carboxylic acids is 2. The molecule has 0 saturated heterocycles. The van der Waals surface area contributed by atoms with Gasteiger partial charge in [-0.1, -0.05) is 23.7 Å². The van der Waals surface area contributed by atoms with E-state index in [0.717, 1.165) is 22.3 Å². The van der Waals surface area contributed by atoms with Gasteiger partial charge in [0.05, 0.1) is 51.1 Å². The lowest BCUT2D eigenvalue weighted by atomic mass is 9.33. The molecule has 1 saturated carbocycles. The van der Waals surface area contributed by atoms with E-state index in [-0.39, 0.29) is 22.4 Å². The van der Waals surface area contributed by atoms with Crippen LogP contribution in [0.3, 0.4) is 0 Å². The van der Waals surface area contributed by atoms with Crippen LogP contribution in [0, 0.1) is 46.3 Å². The van der Waals surface area contributed by atoms with Crippen LogP contribution in [0.5, 0.6) is 23.0 Å². The number of aryl methyl sites for hydroxylation is 2. The molecule has 0 N–H and O–H groups in total. The standard InChI is InChI=1S/C38H44O6/c1-35(2,3)15-17-37-25-21-31(43-9)29(41-7)19-23(25)11-13-27(39)33(37)34-28(40)14-12-24-20-30(42-8)32(44-10)22-26(24)38(34,37)18-16-36(4,5)6/h19-22,33-34H,11-14H2,1-10H3/t33-,34-,37-,38-/m1/s1. The maximum Gasteiger partial charge on any atom is 0.161 e. The third kappa shape index (κ3) is 4.75. The Morgan fingerprint density at radius 2 is 0.886 bits per heavy atom. The van der Waals surface area contributed by atoms with Gasteiger partial charge < -0.3 is 18.9 Å². The van der Waals surface area contributed by atoms with Crippen molar-refractivity contribution in [1.29, 1.82) is 0 Å². The summed E-state index contributed by atoms with van der Waals surface area (Å²) in [4.78, 5) is 28.8. The molecule has 0 unspecified atom stereocenters. The number of methoxy groups -OCH3 is 4. The Labute approximate surface area is 262 Å². The minimum atomic E-state index is -1.14. The average molecular weight is 597 g/mol. The Morgan fingerprint density at radius 3 is 1.18 bits per heavy atom. The average Bonchev–Trinajstić information content (AvgIpc) is 3.12. The zero-order valence-corrected chi connectivity index (χ0v) is 27.7. The van der Waals surface area contributed by atoms with Crippen molar-refractivity contribution in [3.8, 4) is 46.7 Å². The summed E-state index contributed by atoms with van der Waals surface area (Å²) in [5.41, 5.74) is 0.608. The summed E-state index contributed by atoms with van der Waals surface area (Å²) < 4.78 is 23.1. The van der Waals surface area contributed by atoms with Crippen LogP contribution < -0.4 is 18.9 Å². The number of hydrogen-bond acceptors (Lipinski definition) is 6. The number of hydrogen-bond donors (Lipinski definition) is 0. The second-order valence-corrected chi connectivity index (χ2v) is 14.2. The van der Waals surface area contributed by atoms with Crippen molar-refractivity contribution in [2.75, 3.05) is 28.4 Å². The SMILES string of the molecule is COc1cc2c(cc1OC)[C@]1(C#CC(C)(C)C)[C@H](C(=O)CC2)[C@H]2C(=O)CCc3cc(OC)c(OC)cc3[C@]21C#CC(C)(C)C. The zero-order valence-electron chi connectivity index (χ0n) is 27.7.